The van der Waals surface area contributed by atoms with Crippen molar-refractivity contribution < 1.29 is 22.7 Å². The van der Waals surface area contributed by atoms with E-state index in [1.54, 1.807) is 0 Å². The van der Waals surface area contributed by atoms with Gasteiger partial charge in [-0.25, -0.2) is 8.42 Å². The zero-order valence-corrected chi connectivity index (χ0v) is 20.0. The highest BCUT2D eigenvalue weighted by Crippen LogP contribution is 2.18. The van der Waals surface area contributed by atoms with Crippen LogP contribution < -0.4 is 4.80 Å². The van der Waals surface area contributed by atoms with Crippen molar-refractivity contribution in [3.8, 4) is 0 Å². The van der Waals surface area contributed by atoms with Crippen LogP contribution in [-0.4, -0.2) is 63.7 Å². The summed E-state index contributed by atoms with van der Waals surface area (Å²) in [6, 6.07) is 13.7. The quantitative estimate of drug-likeness (QED) is 0.448. The number of methoxy groups -OCH3 is 2. The maximum absolute atomic E-state index is 13.0. The summed E-state index contributed by atoms with van der Waals surface area (Å²) in [6.45, 7) is 3.64. The lowest BCUT2D eigenvalue weighted by Crippen LogP contribution is -2.36. The number of rotatable bonds is 10. The minimum Gasteiger partial charge on any atom is -0.383 e. The van der Waals surface area contributed by atoms with Crippen LogP contribution in [0.1, 0.15) is 17.3 Å². The largest absolute Gasteiger partial charge is 0.383 e. The molecule has 0 atom stereocenters. The van der Waals surface area contributed by atoms with Gasteiger partial charge in [-0.2, -0.15) is 9.30 Å². The van der Waals surface area contributed by atoms with Gasteiger partial charge < -0.3 is 14.0 Å². The van der Waals surface area contributed by atoms with Crippen LogP contribution in [0.2, 0.25) is 0 Å². The molecule has 10 heteroatoms. The summed E-state index contributed by atoms with van der Waals surface area (Å²) in [5, 5.41) is 0. The molecule has 8 nitrogen and oxygen atoms in total. The SMILES string of the molecule is CCn1c(=NC(=O)c2ccc(S(=O)(=O)N(CCOC)CCOC)cc2)sc2ccccc21. The molecule has 0 fully saturated rings. The smallest absolute Gasteiger partial charge is 0.279 e. The van der Waals surface area contributed by atoms with E-state index < -0.39 is 15.9 Å². The van der Waals surface area contributed by atoms with E-state index in [4.69, 9.17) is 9.47 Å². The van der Waals surface area contributed by atoms with Crippen LogP contribution in [0, 0.1) is 0 Å². The molecule has 2 aromatic carbocycles. The highest BCUT2D eigenvalue weighted by molar-refractivity contribution is 7.89. The van der Waals surface area contributed by atoms with Crippen molar-refractivity contribution in [1.29, 1.82) is 0 Å². The first-order valence-corrected chi connectivity index (χ1v) is 12.4. The van der Waals surface area contributed by atoms with Gasteiger partial charge in [0, 0.05) is 39.4 Å². The zero-order chi connectivity index (χ0) is 23.1. The van der Waals surface area contributed by atoms with Gasteiger partial charge in [0.25, 0.3) is 5.91 Å². The summed E-state index contributed by atoms with van der Waals surface area (Å²) >= 11 is 1.45. The van der Waals surface area contributed by atoms with E-state index in [0.29, 0.717) is 16.9 Å². The Morgan fingerprint density at radius 3 is 2.25 bits per heavy atom. The van der Waals surface area contributed by atoms with Crippen molar-refractivity contribution in [2.24, 2.45) is 4.99 Å². The van der Waals surface area contributed by atoms with Crippen molar-refractivity contribution in [2.75, 3.05) is 40.5 Å². The number of amides is 1. The highest BCUT2D eigenvalue weighted by atomic mass is 32.2. The molecule has 172 valence electrons. The first-order valence-electron chi connectivity index (χ1n) is 10.2. The van der Waals surface area contributed by atoms with Crippen LogP contribution in [0.4, 0.5) is 0 Å². The van der Waals surface area contributed by atoms with Crippen LogP contribution in [0.3, 0.4) is 0 Å². The molecule has 0 aliphatic heterocycles. The van der Waals surface area contributed by atoms with Crippen LogP contribution in [-0.2, 0) is 26.0 Å². The van der Waals surface area contributed by atoms with Crippen molar-refractivity contribution in [3.05, 3.63) is 58.9 Å². The van der Waals surface area contributed by atoms with Crippen LogP contribution in [0.25, 0.3) is 10.2 Å². The number of benzene rings is 2. The second-order valence-electron chi connectivity index (χ2n) is 6.93. The third-order valence-corrected chi connectivity index (χ3v) is 7.90. The third-order valence-electron chi connectivity index (χ3n) is 4.93. The molecule has 0 N–H and O–H groups in total. The molecule has 0 aliphatic carbocycles. The van der Waals surface area contributed by atoms with E-state index in [-0.39, 0.29) is 31.2 Å². The van der Waals surface area contributed by atoms with Crippen molar-refractivity contribution in [1.82, 2.24) is 8.87 Å². The monoisotopic (exact) mass is 477 g/mol. The predicted molar refractivity (Wildman–Crippen MR) is 124 cm³/mol. The minimum absolute atomic E-state index is 0.103. The molecule has 0 saturated carbocycles. The number of thiazole rings is 1. The predicted octanol–water partition coefficient (Wildman–Crippen LogP) is 2.75. The molecule has 0 unspecified atom stereocenters. The number of carbonyl (C=O) groups excluding carboxylic acids is 1. The Bertz CT molecular complexity index is 1220. The van der Waals surface area contributed by atoms with Crippen LogP contribution in [0.5, 0.6) is 0 Å². The van der Waals surface area contributed by atoms with Gasteiger partial charge in [0.15, 0.2) is 4.80 Å². The van der Waals surface area contributed by atoms with Crippen molar-refractivity contribution in [2.45, 2.75) is 18.4 Å². The van der Waals surface area contributed by atoms with Gasteiger partial charge in [0.2, 0.25) is 10.0 Å². The molecular formula is C22H27N3O5S2. The van der Waals surface area contributed by atoms with E-state index >= 15 is 0 Å². The summed E-state index contributed by atoms with van der Waals surface area (Å²) in [5.41, 5.74) is 1.35. The van der Waals surface area contributed by atoms with E-state index in [1.165, 1.54) is 54.1 Å². The third kappa shape index (κ3) is 5.33. The van der Waals surface area contributed by atoms with Gasteiger partial charge in [-0.05, 0) is 43.3 Å². The lowest BCUT2D eigenvalue weighted by Gasteiger charge is -2.21. The fourth-order valence-electron chi connectivity index (χ4n) is 3.22. The lowest BCUT2D eigenvalue weighted by atomic mass is 10.2. The van der Waals surface area contributed by atoms with Gasteiger partial charge in [-0.1, -0.05) is 23.5 Å². The molecule has 0 aliphatic rings. The Morgan fingerprint density at radius 2 is 1.66 bits per heavy atom. The maximum atomic E-state index is 13.0. The Balaban J connectivity index is 1.88. The molecule has 3 rings (SSSR count). The van der Waals surface area contributed by atoms with Gasteiger partial charge in [0.1, 0.15) is 0 Å². The summed E-state index contributed by atoms with van der Waals surface area (Å²) in [4.78, 5) is 17.8. The zero-order valence-electron chi connectivity index (χ0n) is 18.4. The molecule has 3 aromatic rings. The average molecular weight is 478 g/mol. The number of aryl methyl sites for hydroxylation is 1. The number of aromatic nitrogens is 1. The number of fused-ring (bicyclic) bond motifs is 1. The van der Waals surface area contributed by atoms with Crippen molar-refractivity contribution in [3.63, 3.8) is 0 Å². The number of para-hydroxylation sites is 1. The Kier molecular flexibility index (Phi) is 8.32. The second-order valence-corrected chi connectivity index (χ2v) is 9.87. The summed E-state index contributed by atoms with van der Waals surface area (Å²) in [6.07, 6.45) is 0. The number of hydrogen-bond acceptors (Lipinski definition) is 6. The van der Waals surface area contributed by atoms with Gasteiger partial charge in [0.05, 0.1) is 28.3 Å². The molecule has 0 spiro atoms. The summed E-state index contributed by atoms with van der Waals surface area (Å²) < 4.78 is 40.4. The number of ether oxygens (including phenoxy) is 2. The molecule has 32 heavy (non-hydrogen) atoms. The van der Waals surface area contributed by atoms with E-state index in [2.05, 4.69) is 4.99 Å². The number of hydrogen-bond donors (Lipinski definition) is 0. The molecule has 1 amide bonds. The maximum Gasteiger partial charge on any atom is 0.279 e. The standard InChI is InChI=1S/C22H27N3O5S2/c1-4-25-19-7-5-6-8-20(19)31-22(25)23-21(26)17-9-11-18(12-10-17)32(27,28)24(13-15-29-2)14-16-30-3/h5-12H,4,13-16H2,1-3H3. The normalized spacial score (nSPS) is 12.7. The number of sulfonamides is 1. The first kappa shape index (κ1) is 24.3. The number of carbonyl (C=O) groups is 1. The molecule has 0 saturated heterocycles. The first-order chi connectivity index (χ1) is 15.4. The summed E-state index contributed by atoms with van der Waals surface area (Å²) in [5.74, 6) is -0.418. The van der Waals surface area contributed by atoms with Gasteiger partial charge in [-0.15, -0.1) is 0 Å². The Morgan fingerprint density at radius 1 is 1.03 bits per heavy atom. The Hall–Kier alpha value is -2.37. The van der Waals surface area contributed by atoms with Crippen LogP contribution in [0.15, 0.2) is 58.4 Å². The van der Waals surface area contributed by atoms with E-state index in [1.807, 2.05) is 35.8 Å². The fourth-order valence-corrected chi connectivity index (χ4v) is 5.72. The second kappa shape index (κ2) is 11.0. The summed E-state index contributed by atoms with van der Waals surface area (Å²) in [7, 11) is -0.710. The van der Waals surface area contributed by atoms with E-state index in [9.17, 15) is 13.2 Å². The highest BCUT2D eigenvalue weighted by Gasteiger charge is 2.24. The average Bonchev–Trinajstić information content (AvgIpc) is 3.15. The number of nitrogens with zero attached hydrogens (tertiary/aromatic N) is 3. The minimum atomic E-state index is -3.75. The fraction of sp³-hybridized carbons (Fsp3) is 0.364. The van der Waals surface area contributed by atoms with Gasteiger partial charge >= 0.3 is 0 Å². The lowest BCUT2D eigenvalue weighted by molar-refractivity contribution is 0.0997. The van der Waals surface area contributed by atoms with E-state index in [0.717, 1.165) is 10.2 Å². The molecule has 0 bridgehead atoms. The molecular weight excluding hydrogens is 450 g/mol. The topological polar surface area (TPSA) is 90.2 Å². The molecule has 0 radical (unpaired) electrons. The van der Waals surface area contributed by atoms with Crippen molar-refractivity contribution >= 4 is 37.5 Å². The Labute approximate surface area is 191 Å². The van der Waals surface area contributed by atoms with Gasteiger partial charge in [-0.3, -0.25) is 4.79 Å². The van der Waals surface area contributed by atoms with Crippen LogP contribution >= 0.6 is 11.3 Å². The molecule has 1 aromatic heterocycles. The molecule has 1 heterocycles.